The van der Waals surface area contributed by atoms with Gasteiger partial charge >= 0.3 is 0 Å². The highest BCUT2D eigenvalue weighted by molar-refractivity contribution is 4.71. The van der Waals surface area contributed by atoms with Crippen molar-refractivity contribution in [2.75, 3.05) is 13.2 Å². The number of hydrogen-bond donors (Lipinski definition) is 0. The normalized spacial score (nSPS) is 27.3. The molecule has 1 atom stereocenters. The molecular formula is C9H18O. The van der Waals surface area contributed by atoms with Crippen molar-refractivity contribution >= 4 is 0 Å². The van der Waals surface area contributed by atoms with Crippen LogP contribution in [0.5, 0.6) is 0 Å². The van der Waals surface area contributed by atoms with Crippen molar-refractivity contribution in [3.63, 3.8) is 0 Å². The SMILES string of the molecule is CC(C)(C)C[C@H]1CCOC1. The van der Waals surface area contributed by atoms with E-state index in [2.05, 4.69) is 20.8 Å². The standard InChI is InChI=1S/C9H18O/c1-9(2,3)6-8-4-5-10-7-8/h8H,4-7H2,1-3H3/t8-/m1/s1. The van der Waals surface area contributed by atoms with Crippen LogP contribution in [0.25, 0.3) is 0 Å². The molecule has 1 rings (SSSR count). The van der Waals surface area contributed by atoms with Crippen LogP contribution < -0.4 is 0 Å². The summed E-state index contributed by atoms with van der Waals surface area (Å²) in [5, 5.41) is 0. The predicted molar refractivity (Wildman–Crippen MR) is 43.0 cm³/mol. The first kappa shape index (κ1) is 8.06. The van der Waals surface area contributed by atoms with Gasteiger partial charge in [-0.05, 0) is 24.2 Å². The van der Waals surface area contributed by atoms with Gasteiger partial charge in [-0.25, -0.2) is 0 Å². The summed E-state index contributed by atoms with van der Waals surface area (Å²) in [5.74, 6) is 0.833. The maximum Gasteiger partial charge on any atom is 0.0495 e. The van der Waals surface area contributed by atoms with Crippen molar-refractivity contribution in [2.45, 2.75) is 33.6 Å². The van der Waals surface area contributed by atoms with Gasteiger partial charge in [-0.15, -0.1) is 0 Å². The molecule has 1 aliphatic heterocycles. The molecule has 0 aromatic rings. The Balaban J connectivity index is 2.24. The van der Waals surface area contributed by atoms with Gasteiger partial charge < -0.3 is 4.74 Å². The summed E-state index contributed by atoms with van der Waals surface area (Å²) < 4.78 is 5.30. The van der Waals surface area contributed by atoms with Crippen LogP contribution in [0.1, 0.15) is 33.6 Å². The van der Waals surface area contributed by atoms with E-state index in [9.17, 15) is 0 Å². The van der Waals surface area contributed by atoms with Crippen molar-refractivity contribution in [1.29, 1.82) is 0 Å². The molecule has 1 fully saturated rings. The molecule has 0 unspecified atom stereocenters. The average Bonchev–Trinajstić information content (AvgIpc) is 2.12. The maximum absolute atomic E-state index is 5.30. The first-order valence-corrected chi connectivity index (χ1v) is 4.16. The minimum atomic E-state index is 0.484. The Bertz CT molecular complexity index is 95.8. The lowest BCUT2D eigenvalue weighted by molar-refractivity contribution is 0.173. The number of rotatable bonds is 1. The molecule has 0 aliphatic carbocycles. The highest BCUT2D eigenvalue weighted by Crippen LogP contribution is 2.28. The van der Waals surface area contributed by atoms with Gasteiger partial charge in [-0.1, -0.05) is 20.8 Å². The van der Waals surface area contributed by atoms with Crippen LogP contribution in [-0.4, -0.2) is 13.2 Å². The summed E-state index contributed by atoms with van der Waals surface area (Å²) in [6.45, 7) is 8.87. The topological polar surface area (TPSA) is 9.23 Å². The monoisotopic (exact) mass is 142 g/mol. The largest absolute Gasteiger partial charge is 0.381 e. The van der Waals surface area contributed by atoms with Crippen molar-refractivity contribution < 1.29 is 4.74 Å². The Morgan fingerprint density at radius 2 is 2.10 bits per heavy atom. The average molecular weight is 142 g/mol. The second kappa shape index (κ2) is 2.91. The molecule has 0 bridgehead atoms. The van der Waals surface area contributed by atoms with Crippen LogP contribution in [0, 0.1) is 11.3 Å². The molecule has 1 saturated heterocycles. The van der Waals surface area contributed by atoms with Gasteiger partial charge in [0.1, 0.15) is 0 Å². The second-order valence-corrected chi connectivity index (χ2v) is 4.49. The summed E-state index contributed by atoms with van der Waals surface area (Å²) in [7, 11) is 0. The molecule has 1 heteroatoms. The molecule has 0 amide bonds. The molecule has 10 heavy (non-hydrogen) atoms. The molecule has 0 spiro atoms. The fourth-order valence-corrected chi connectivity index (χ4v) is 1.61. The van der Waals surface area contributed by atoms with Gasteiger partial charge in [0.15, 0.2) is 0 Å². The van der Waals surface area contributed by atoms with Gasteiger partial charge in [0, 0.05) is 13.2 Å². The zero-order valence-corrected chi connectivity index (χ0v) is 7.31. The summed E-state index contributed by atoms with van der Waals surface area (Å²) >= 11 is 0. The van der Waals surface area contributed by atoms with Gasteiger partial charge in [0.25, 0.3) is 0 Å². The molecule has 60 valence electrons. The first-order chi connectivity index (χ1) is 4.58. The van der Waals surface area contributed by atoms with E-state index < -0.39 is 0 Å². The van der Waals surface area contributed by atoms with E-state index >= 15 is 0 Å². The lowest BCUT2D eigenvalue weighted by atomic mass is 9.84. The Morgan fingerprint density at radius 1 is 1.40 bits per heavy atom. The molecule has 0 radical (unpaired) electrons. The van der Waals surface area contributed by atoms with E-state index in [0.717, 1.165) is 19.1 Å². The lowest BCUT2D eigenvalue weighted by Crippen LogP contribution is -2.12. The maximum atomic E-state index is 5.30. The molecule has 0 N–H and O–H groups in total. The number of hydrogen-bond acceptors (Lipinski definition) is 1. The second-order valence-electron chi connectivity index (χ2n) is 4.49. The van der Waals surface area contributed by atoms with Gasteiger partial charge in [0.05, 0.1) is 0 Å². The quantitative estimate of drug-likeness (QED) is 0.546. The molecule has 0 aromatic heterocycles. The van der Waals surface area contributed by atoms with Crippen LogP contribution >= 0.6 is 0 Å². The van der Waals surface area contributed by atoms with Gasteiger partial charge in [0.2, 0.25) is 0 Å². The Labute approximate surface area is 63.8 Å². The zero-order valence-electron chi connectivity index (χ0n) is 7.31. The van der Waals surface area contributed by atoms with Crippen LogP contribution in [0.3, 0.4) is 0 Å². The minimum absolute atomic E-state index is 0.484. The van der Waals surface area contributed by atoms with E-state index in [-0.39, 0.29) is 0 Å². The fraction of sp³-hybridized carbons (Fsp3) is 1.00. The highest BCUT2D eigenvalue weighted by atomic mass is 16.5. The predicted octanol–water partition coefficient (Wildman–Crippen LogP) is 2.46. The smallest absolute Gasteiger partial charge is 0.0495 e. The fourth-order valence-electron chi connectivity index (χ4n) is 1.61. The Morgan fingerprint density at radius 3 is 2.50 bits per heavy atom. The lowest BCUT2D eigenvalue weighted by Gasteiger charge is -2.21. The Kier molecular flexibility index (Phi) is 2.35. The van der Waals surface area contributed by atoms with Crippen LogP contribution in [0.2, 0.25) is 0 Å². The highest BCUT2D eigenvalue weighted by Gasteiger charge is 2.21. The van der Waals surface area contributed by atoms with Crippen LogP contribution in [0.15, 0.2) is 0 Å². The zero-order chi connectivity index (χ0) is 7.61. The van der Waals surface area contributed by atoms with Crippen molar-refractivity contribution in [3.05, 3.63) is 0 Å². The van der Waals surface area contributed by atoms with Crippen molar-refractivity contribution in [1.82, 2.24) is 0 Å². The third kappa shape index (κ3) is 2.70. The minimum Gasteiger partial charge on any atom is -0.381 e. The van der Waals surface area contributed by atoms with E-state index in [4.69, 9.17) is 4.74 Å². The summed E-state index contributed by atoms with van der Waals surface area (Å²) in [4.78, 5) is 0. The van der Waals surface area contributed by atoms with E-state index in [1.54, 1.807) is 0 Å². The summed E-state index contributed by atoms with van der Waals surface area (Å²) in [5.41, 5.74) is 0.484. The molecule has 1 nitrogen and oxygen atoms in total. The Hall–Kier alpha value is -0.0400. The third-order valence-corrected chi connectivity index (χ3v) is 1.93. The van der Waals surface area contributed by atoms with Gasteiger partial charge in [-0.2, -0.15) is 0 Å². The van der Waals surface area contributed by atoms with Crippen molar-refractivity contribution in [2.24, 2.45) is 11.3 Å². The van der Waals surface area contributed by atoms with E-state index in [1.165, 1.54) is 12.8 Å². The molecule has 0 saturated carbocycles. The van der Waals surface area contributed by atoms with E-state index in [1.807, 2.05) is 0 Å². The van der Waals surface area contributed by atoms with Crippen molar-refractivity contribution in [3.8, 4) is 0 Å². The van der Waals surface area contributed by atoms with Crippen LogP contribution in [-0.2, 0) is 4.74 Å². The van der Waals surface area contributed by atoms with Crippen LogP contribution in [0.4, 0.5) is 0 Å². The molecule has 0 aromatic carbocycles. The molecular weight excluding hydrogens is 124 g/mol. The van der Waals surface area contributed by atoms with E-state index in [0.29, 0.717) is 5.41 Å². The first-order valence-electron chi connectivity index (χ1n) is 4.16. The molecule has 1 heterocycles. The summed E-state index contributed by atoms with van der Waals surface area (Å²) in [6, 6.07) is 0. The third-order valence-electron chi connectivity index (χ3n) is 1.93. The van der Waals surface area contributed by atoms with Gasteiger partial charge in [-0.3, -0.25) is 0 Å². The summed E-state index contributed by atoms with van der Waals surface area (Å²) in [6.07, 6.45) is 2.59. The molecule has 1 aliphatic rings. The number of ether oxygens (including phenoxy) is 1.